The maximum Gasteiger partial charge on any atom is 0.251 e. The lowest BCUT2D eigenvalue weighted by molar-refractivity contribution is -0.119. The van der Waals surface area contributed by atoms with E-state index in [9.17, 15) is 9.59 Å². The number of nitrogens with zero attached hydrogens (tertiary/aromatic N) is 2. The first-order valence-electron chi connectivity index (χ1n) is 11.4. The molecule has 2 atom stereocenters. The topological polar surface area (TPSA) is 102 Å². The molecule has 0 saturated carbocycles. The van der Waals surface area contributed by atoms with Gasteiger partial charge in [0, 0.05) is 11.1 Å². The summed E-state index contributed by atoms with van der Waals surface area (Å²) in [6, 6.07) is 18.1. The molecule has 2 amide bonds. The fourth-order valence-corrected chi connectivity index (χ4v) is 4.60. The van der Waals surface area contributed by atoms with Gasteiger partial charge in [-0.3, -0.25) is 14.9 Å². The Kier molecular flexibility index (Phi) is 6.33. The number of benzene rings is 3. The standard InChI is InChI=1S/C26H24N4O4S/c1-3-15(2)22(27-23(31)18-9-8-16-6-4-5-7-17(16)12-18)24(32)28-26-30-29-25(35-26)19-10-11-20-21(13-19)34-14-33-20/h4-13,15,22H,3,14H2,1-2H3,(H,27,31)(H,28,30,32). The van der Waals surface area contributed by atoms with Gasteiger partial charge in [0.05, 0.1) is 0 Å². The lowest BCUT2D eigenvalue weighted by atomic mass is 9.97. The van der Waals surface area contributed by atoms with Gasteiger partial charge in [0.15, 0.2) is 11.5 Å². The predicted octanol–water partition coefficient (Wildman–Crippen LogP) is 4.87. The molecule has 0 spiro atoms. The van der Waals surface area contributed by atoms with Crippen molar-refractivity contribution in [2.45, 2.75) is 26.3 Å². The highest BCUT2D eigenvalue weighted by Gasteiger charge is 2.27. The Balaban J connectivity index is 1.30. The average molecular weight is 489 g/mol. The van der Waals surface area contributed by atoms with Crippen molar-refractivity contribution in [1.29, 1.82) is 0 Å². The van der Waals surface area contributed by atoms with Gasteiger partial charge < -0.3 is 14.8 Å². The van der Waals surface area contributed by atoms with E-state index in [1.807, 2.05) is 68.4 Å². The third-order valence-electron chi connectivity index (χ3n) is 6.07. The zero-order valence-corrected chi connectivity index (χ0v) is 20.1. The quantitative estimate of drug-likeness (QED) is 0.385. The van der Waals surface area contributed by atoms with Gasteiger partial charge in [-0.2, -0.15) is 0 Å². The van der Waals surface area contributed by atoms with Crippen molar-refractivity contribution in [2.75, 3.05) is 12.1 Å². The Labute approximate surface area is 206 Å². The average Bonchev–Trinajstić information content (AvgIpc) is 3.55. The number of ether oxygens (including phenoxy) is 2. The van der Waals surface area contributed by atoms with Crippen molar-refractivity contribution in [1.82, 2.24) is 15.5 Å². The number of anilines is 1. The van der Waals surface area contributed by atoms with E-state index in [0.29, 0.717) is 33.6 Å². The third-order valence-corrected chi connectivity index (χ3v) is 6.96. The number of hydrogen-bond donors (Lipinski definition) is 2. The molecule has 4 aromatic rings. The van der Waals surface area contributed by atoms with Crippen LogP contribution >= 0.6 is 11.3 Å². The first-order chi connectivity index (χ1) is 17.0. The second kappa shape index (κ2) is 9.71. The van der Waals surface area contributed by atoms with Crippen LogP contribution in [0.5, 0.6) is 11.5 Å². The van der Waals surface area contributed by atoms with Crippen LogP contribution in [0.15, 0.2) is 60.7 Å². The molecule has 3 aromatic carbocycles. The number of rotatable bonds is 7. The van der Waals surface area contributed by atoms with Gasteiger partial charge in [0.25, 0.3) is 5.91 Å². The summed E-state index contributed by atoms with van der Waals surface area (Å²) < 4.78 is 10.8. The Morgan fingerprint density at radius 2 is 1.80 bits per heavy atom. The number of amides is 2. The minimum absolute atomic E-state index is 0.0827. The second-order valence-corrected chi connectivity index (χ2v) is 9.35. The maximum absolute atomic E-state index is 13.2. The van der Waals surface area contributed by atoms with Crippen LogP contribution in [0.4, 0.5) is 5.13 Å². The summed E-state index contributed by atoms with van der Waals surface area (Å²) in [6.45, 7) is 4.11. The van der Waals surface area contributed by atoms with Crippen molar-refractivity contribution in [3.8, 4) is 22.1 Å². The van der Waals surface area contributed by atoms with E-state index in [1.54, 1.807) is 6.07 Å². The predicted molar refractivity (Wildman–Crippen MR) is 135 cm³/mol. The fourth-order valence-electron chi connectivity index (χ4n) is 3.86. The van der Waals surface area contributed by atoms with Crippen molar-refractivity contribution in [3.63, 3.8) is 0 Å². The Hall–Kier alpha value is -3.98. The molecule has 0 bridgehead atoms. The van der Waals surface area contributed by atoms with E-state index in [-0.39, 0.29) is 24.5 Å². The van der Waals surface area contributed by atoms with Gasteiger partial charge in [-0.25, -0.2) is 0 Å². The van der Waals surface area contributed by atoms with Gasteiger partial charge in [0.1, 0.15) is 11.0 Å². The van der Waals surface area contributed by atoms with Crippen LogP contribution in [0.25, 0.3) is 21.3 Å². The van der Waals surface area contributed by atoms with E-state index >= 15 is 0 Å². The smallest absolute Gasteiger partial charge is 0.251 e. The van der Waals surface area contributed by atoms with Crippen LogP contribution in [0.3, 0.4) is 0 Å². The summed E-state index contributed by atoms with van der Waals surface area (Å²) in [5.74, 6) is 0.624. The summed E-state index contributed by atoms with van der Waals surface area (Å²) in [6.07, 6.45) is 0.717. The van der Waals surface area contributed by atoms with Crippen LogP contribution in [0.1, 0.15) is 30.6 Å². The Bertz CT molecular complexity index is 1400. The van der Waals surface area contributed by atoms with E-state index < -0.39 is 6.04 Å². The summed E-state index contributed by atoms with van der Waals surface area (Å²) in [5, 5.41) is 17.1. The molecule has 1 aliphatic rings. The first kappa shape index (κ1) is 22.8. The number of nitrogens with one attached hydrogen (secondary N) is 2. The SMILES string of the molecule is CCC(C)C(NC(=O)c1ccc2ccccc2c1)C(=O)Nc1nnc(-c2ccc3c(c2)OCO3)s1. The van der Waals surface area contributed by atoms with Crippen LogP contribution in [0, 0.1) is 5.92 Å². The molecule has 35 heavy (non-hydrogen) atoms. The van der Waals surface area contributed by atoms with Crippen molar-refractivity contribution >= 4 is 39.1 Å². The Morgan fingerprint density at radius 1 is 1.00 bits per heavy atom. The highest BCUT2D eigenvalue weighted by Crippen LogP contribution is 2.37. The molecule has 2 unspecified atom stereocenters. The summed E-state index contributed by atoms with van der Waals surface area (Å²) in [5.41, 5.74) is 1.32. The normalized spacial score (nSPS) is 13.9. The molecule has 0 radical (unpaired) electrons. The highest BCUT2D eigenvalue weighted by atomic mass is 32.1. The van der Waals surface area contributed by atoms with Gasteiger partial charge in [-0.15, -0.1) is 10.2 Å². The second-order valence-electron chi connectivity index (χ2n) is 8.37. The minimum atomic E-state index is -0.725. The van der Waals surface area contributed by atoms with E-state index in [4.69, 9.17) is 9.47 Å². The van der Waals surface area contributed by atoms with Crippen molar-refractivity contribution in [3.05, 3.63) is 66.2 Å². The molecular formula is C26H24N4O4S. The zero-order valence-electron chi connectivity index (χ0n) is 19.3. The molecule has 0 saturated heterocycles. The summed E-state index contributed by atoms with van der Waals surface area (Å²) in [7, 11) is 0. The first-order valence-corrected chi connectivity index (χ1v) is 12.2. The monoisotopic (exact) mass is 488 g/mol. The van der Waals surface area contributed by atoms with Crippen LogP contribution in [0.2, 0.25) is 0 Å². The Morgan fingerprint density at radius 3 is 2.63 bits per heavy atom. The molecule has 5 rings (SSSR count). The number of aromatic nitrogens is 2. The molecule has 9 heteroatoms. The van der Waals surface area contributed by atoms with E-state index in [1.165, 1.54) is 11.3 Å². The molecule has 0 aliphatic carbocycles. The molecule has 8 nitrogen and oxygen atoms in total. The van der Waals surface area contributed by atoms with Crippen molar-refractivity contribution in [2.24, 2.45) is 5.92 Å². The van der Waals surface area contributed by atoms with E-state index in [0.717, 1.165) is 16.3 Å². The molecule has 178 valence electrons. The number of carbonyl (C=O) groups excluding carboxylic acids is 2. The summed E-state index contributed by atoms with van der Waals surface area (Å²) >= 11 is 1.25. The van der Waals surface area contributed by atoms with Crippen LogP contribution in [-0.2, 0) is 4.79 Å². The van der Waals surface area contributed by atoms with Crippen LogP contribution < -0.4 is 20.1 Å². The zero-order chi connectivity index (χ0) is 24.4. The van der Waals surface area contributed by atoms with Gasteiger partial charge in [0.2, 0.25) is 17.8 Å². The minimum Gasteiger partial charge on any atom is -0.454 e. The molecule has 1 aliphatic heterocycles. The lowest BCUT2D eigenvalue weighted by Crippen LogP contribution is -2.47. The van der Waals surface area contributed by atoms with E-state index in [2.05, 4.69) is 20.8 Å². The maximum atomic E-state index is 13.2. The van der Waals surface area contributed by atoms with Gasteiger partial charge in [-0.05, 0) is 47.0 Å². The third kappa shape index (κ3) is 4.81. The lowest BCUT2D eigenvalue weighted by Gasteiger charge is -2.23. The molecular weight excluding hydrogens is 464 g/mol. The molecule has 2 heterocycles. The number of hydrogen-bond acceptors (Lipinski definition) is 7. The summed E-state index contributed by atoms with van der Waals surface area (Å²) in [4.78, 5) is 26.2. The van der Waals surface area contributed by atoms with Gasteiger partial charge >= 0.3 is 0 Å². The largest absolute Gasteiger partial charge is 0.454 e. The number of fused-ring (bicyclic) bond motifs is 2. The van der Waals surface area contributed by atoms with Gasteiger partial charge in [-0.1, -0.05) is 61.9 Å². The van der Waals surface area contributed by atoms with Crippen molar-refractivity contribution < 1.29 is 19.1 Å². The fraction of sp³-hybridized carbons (Fsp3) is 0.231. The molecule has 1 aromatic heterocycles. The molecule has 0 fully saturated rings. The highest BCUT2D eigenvalue weighted by molar-refractivity contribution is 7.18. The molecule has 2 N–H and O–H groups in total. The van der Waals surface area contributed by atoms with Crippen LogP contribution in [-0.4, -0.2) is 34.8 Å². The number of carbonyl (C=O) groups is 2.